The monoisotopic (exact) mass is 300 g/mol. The number of aryl methyl sites for hydroxylation is 3. The molecule has 114 valence electrons. The first-order chi connectivity index (χ1) is 10.4. The van der Waals surface area contributed by atoms with Crippen LogP contribution in [0.2, 0.25) is 0 Å². The molecular weight excluding hydrogens is 284 g/mol. The predicted octanol–water partition coefficient (Wildman–Crippen LogP) is 2.50. The lowest BCUT2D eigenvalue weighted by Crippen LogP contribution is -2.01. The van der Waals surface area contributed by atoms with E-state index < -0.39 is 5.97 Å². The Labute approximate surface area is 126 Å². The maximum atomic E-state index is 11.6. The minimum Gasteiger partial charge on any atom is -0.478 e. The fourth-order valence-corrected chi connectivity index (χ4v) is 2.64. The molecule has 7 heteroatoms. The smallest absolute Gasteiger partial charge is 0.336 e. The number of nitrogens with zero attached hydrogens (tertiary/aromatic N) is 4. The third-order valence-electron chi connectivity index (χ3n) is 3.84. The van der Waals surface area contributed by atoms with Gasteiger partial charge in [-0.1, -0.05) is 12.1 Å². The molecule has 0 aromatic carbocycles. The van der Waals surface area contributed by atoms with Gasteiger partial charge >= 0.3 is 5.97 Å². The number of carboxylic acids is 1. The van der Waals surface area contributed by atoms with Crippen LogP contribution in [0.15, 0.2) is 10.6 Å². The number of aromatic nitrogens is 4. The molecule has 0 saturated heterocycles. The van der Waals surface area contributed by atoms with Crippen molar-refractivity contribution in [1.82, 2.24) is 19.9 Å². The largest absolute Gasteiger partial charge is 0.478 e. The summed E-state index contributed by atoms with van der Waals surface area (Å²) in [7, 11) is 1.83. The second-order valence-electron chi connectivity index (χ2n) is 5.20. The van der Waals surface area contributed by atoms with Crippen molar-refractivity contribution >= 4 is 17.1 Å². The fourth-order valence-electron chi connectivity index (χ4n) is 2.64. The van der Waals surface area contributed by atoms with E-state index in [1.165, 1.54) is 0 Å². The third kappa shape index (κ3) is 1.97. The maximum absolute atomic E-state index is 11.6. The summed E-state index contributed by atoms with van der Waals surface area (Å²) >= 11 is 0. The normalized spacial score (nSPS) is 11.3. The molecule has 0 amide bonds. The number of aromatic carboxylic acids is 1. The van der Waals surface area contributed by atoms with E-state index in [4.69, 9.17) is 4.52 Å². The highest BCUT2D eigenvalue weighted by Crippen LogP contribution is 2.34. The summed E-state index contributed by atoms with van der Waals surface area (Å²) in [6, 6.07) is 1.58. The predicted molar refractivity (Wildman–Crippen MR) is 79.8 cm³/mol. The summed E-state index contributed by atoms with van der Waals surface area (Å²) in [5.41, 5.74) is 3.98. The molecule has 0 aliphatic heterocycles. The van der Waals surface area contributed by atoms with Gasteiger partial charge in [-0.05, 0) is 26.3 Å². The van der Waals surface area contributed by atoms with Gasteiger partial charge in [0.15, 0.2) is 0 Å². The second kappa shape index (κ2) is 4.94. The molecule has 0 spiro atoms. The Morgan fingerprint density at radius 2 is 2.14 bits per heavy atom. The Hall–Kier alpha value is -2.70. The number of carboxylic acid groups (broad SMARTS) is 1. The van der Waals surface area contributed by atoms with Gasteiger partial charge in [0.1, 0.15) is 5.69 Å². The molecule has 0 saturated carbocycles. The van der Waals surface area contributed by atoms with E-state index in [-0.39, 0.29) is 11.3 Å². The van der Waals surface area contributed by atoms with Crippen LogP contribution in [0.5, 0.6) is 0 Å². The maximum Gasteiger partial charge on any atom is 0.336 e. The Morgan fingerprint density at radius 3 is 2.68 bits per heavy atom. The van der Waals surface area contributed by atoms with Gasteiger partial charge in [0.2, 0.25) is 0 Å². The summed E-state index contributed by atoms with van der Waals surface area (Å²) in [6.07, 6.45) is 0.622. The quantitative estimate of drug-likeness (QED) is 0.798. The highest BCUT2D eigenvalue weighted by Gasteiger charge is 2.24. The first-order valence-electron chi connectivity index (χ1n) is 6.97. The SMILES string of the molecule is CCc1cc(C(=O)O)c2c(-c3c(C)nn(C)c3C)noc2n1. The molecule has 3 aromatic rings. The molecule has 3 heterocycles. The second-order valence-corrected chi connectivity index (χ2v) is 5.20. The standard InChI is InChI=1S/C15H16N4O3/c1-5-9-6-10(15(20)21)12-13(18-22-14(12)16-9)11-7(2)17-19(4)8(11)3/h6H,5H2,1-4H3,(H,20,21). The highest BCUT2D eigenvalue weighted by atomic mass is 16.5. The molecule has 0 unspecified atom stereocenters. The van der Waals surface area contributed by atoms with E-state index in [9.17, 15) is 9.90 Å². The van der Waals surface area contributed by atoms with E-state index in [1.807, 2.05) is 27.8 Å². The van der Waals surface area contributed by atoms with Crippen LogP contribution >= 0.6 is 0 Å². The zero-order valence-corrected chi connectivity index (χ0v) is 12.8. The van der Waals surface area contributed by atoms with Crippen molar-refractivity contribution < 1.29 is 14.4 Å². The summed E-state index contributed by atoms with van der Waals surface area (Å²) in [6.45, 7) is 5.67. The van der Waals surface area contributed by atoms with Gasteiger partial charge in [-0.3, -0.25) is 4.68 Å². The molecule has 3 rings (SSSR count). The Kier molecular flexibility index (Phi) is 3.20. The van der Waals surface area contributed by atoms with Gasteiger partial charge in [0.05, 0.1) is 16.6 Å². The molecule has 3 aromatic heterocycles. The molecule has 7 nitrogen and oxygen atoms in total. The summed E-state index contributed by atoms with van der Waals surface area (Å²) in [5.74, 6) is -1.02. The zero-order valence-electron chi connectivity index (χ0n) is 12.8. The summed E-state index contributed by atoms with van der Waals surface area (Å²) in [4.78, 5) is 16.0. The van der Waals surface area contributed by atoms with Crippen molar-refractivity contribution in [3.05, 3.63) is 28.7 Å². The average molecular weight is 300 g/mol. The zero-order chi connectivity index (χ0) is 16.0. The molecule has 0 atom stereocenters. The van der Waals surface area contributed by atoms with Crippen LogP contribution < -0.4 is 0 Å². The topological polar surface area (TPSA) is 94.0 Å². The molecule has 0 fully saturated rings. The lowest BCUT2D eigenvalue weighted by atomic mass is 10.0. The lowest BCUT2D eigenvalue weighted by Gasteiger charge is -2.02. The van der Waals surface area contributed by atoms with E-state index in [0.29, 0.717) is 23.2 Å². The van der Waals surface area contributed by atoms with Crippen LogP contribution in [0.1, 0.15) is 34.4 Å². The number of hydrogen-bond donors (Lipinski definition) is 1. The minimum atomic E-state index is -1.02. The van der Waals surface area contributed by atoms with E-state index in [0.717, 1.165) is 17.0 Å². The van der Waals surface area contributed by atoms with Gasteiger partial charge in [0.25, 0.3) is 5.71 Å². The number of fused-ring (bicyclic) bond motifs is 1. The van der Waals surface area contributed by atoms with Crippen LogP contribution in [-0.2, 0) is 13.5 Å². The van der Waals surface area contributed by atoms with Crippen molar-refractivity contribution in [1.29, 1.82) is 0 Å². The van der Waals surface area contributed by atoms with Gasteiger partial charge < -0.3 is 9.63 Å². The van der Waals surface area contributed by atoms with Crippen LogP contribution in [0.25, 0.3) is 22.4 Å². The van der Waals surface area contributed by atoms with Crippen LogP contribution in [-0.4, -0.2) is 31.0 Å². The van der Waals surface area contributed by atoms with Crippen molar-refractivity contribution in [3.8, 4) is 11.3 Å². The summed E-state index contributed by atoms with van der Waals surface area (Å²) in [5, 5.41) is 18.4. The van der Waals surface area contributed by atoms with E-state index in [2.05, 4.69) is 15.2 Å². The Bertz CT molecular complexity index is 892. The number of carbonyl (C=O) groups is 1. The molecule has 0 radical (unpaired) electrons. The van der Waals surface area contributed by atoms with Crippen LogP contribution in [0.3, 0.4) is 0 Å². The van der Waals surface area contributed by atoms with Gasteiger partial charge in [-0.15, -0.1) is 0 Å². The first-order valence-corrected chi connectivity index (χ1v) is 6.97. The van der Waals surface area contributed by atoms with E-state index >= 15 is 0 Å². The Morgan fingerprint density at radius 1 is 1.41 bits per heavy atom. The van der Waals surface area contributed by atoms with Gasteiger partial charge in [-0.2, -0.15) is 5.10 Å². The molecule has 1 N–H and O–H groups in total. The molecule has 0 aliphatic carbocycles. The van der Waals surface area contributed by atoms with Crippen LogP contribution in [0.4, 0.5) is 0 Å². The summed E-state index contributed by atoms with van der Waals surface area (Å²) < 4.78 is 7.03. The number of hydrogen-bond acceptors (Lipinski definition) is 5. The minimum absolute atomic E-state index is 0.153. The third-order valence-corrected chi connectivity index (χ3v) is 3.84. The first kappa shape index (κ1) is 14.2. The molecule has 0 bridgehead atoms. The van der Waals surface area contributed by atoms with Gasteiger partial charge in [0, 0.05) is 24.0 Å². The average Bonchev–Trinajstić information content (AvgIpc) is 2.99. The van der Waals surface area contributed by atoms with Crippen molar-refractivity contribution in [2.24, 2.45) is 7.05 Å². The number of pyridine rings is 1. The van der Waals surface area contributed by atoms with Gasteiger partial charge in [-0.25, -0.2) is 9.78 Å². The van der Waals surface area contributed by atoms with Crippen molar-refractivity contribution in [2.45, 2.75) is 27.2 Å². The van der Waals surface area contributed by atoms with E-state index in [1.54, 1.807) is 10.7 Å². The fraction of sp³-hybridized carbons (Fsp3) is 0.333. The number of rotatable bonds is 3. The lowest BCUT2D eigenvalue weighted by molar-refractivity contribution is 0.0698. The Balaban J connectivity index is 2.39. The van der Waals surface area contributed by atoms with Crippen LogP contribution in [0, 0.1) is 13.8 Å². The molecule has 22 heavy (non-hydrogen) atoms. The molecule has 0 aliphatic rings. The molecular formula is C15H16N4O3. The van der Waals surface area contributed by atoms with Crippen molar-refractivity contribution in [2.75, 3.05) is 0 Å². The van der Waals surface area contributed by atoms with Crippen molar-refractivity contribution in [3.63, 3.8) is 0 Å². The highest BCUT2D eigenvalue weighted by molar-refractivity contribution is 6.07.